The van der Waals surface area contributed by atoms with Gasteiger partial charge in [-0.25, -0.2) is 9.37 Å². The Kier molecular flexibility index (Phi) is 1.48. The molecule has 0 aliphatic carbocycles. The number of pyridine rings is 1. The fourth-order valence-electron chi connectivity index (χ4n) is 1.80. The van der Waals surface area contributed by atoms with Gasteiger partial charge in [0.25, 0.3) is 0 Å². The summed E-state index contributed by atoms with van der Waals surface area (Å²) in [6.07, 6.45) is 1.50. The van der Waals surface area contributed by atoms with Crippen LogP contribution >= 0.6 is 0 Å². The van der Waals surface area contributed by atoms with Crippen molar-refractivity contribution < 1.29 is 9.50 Å². The second kappa shape index (κ2) is 2.70. The van der Waals surface area contributed by atoms with Gasteiger partial charge in [-0.1, -0.05) is 0 Å². The van der Waals surface area contributed by atoms with Gasteiger partial charge in [-0.15, -0.1) is 0 Å². The van der Waals surface area contributed by atoms with Gasteiger partial charge in [0.1, 0.15) is 5.82 Å². The first kappa shape index (κ1) is 8.23. The lowest BCUT2D eigenvalue weighted by molar-refractivity contribution is 0.461. The lowest BCUT2D eigenvalue weighted by Crippen LogP contribution is -1.75. The fourth-order valence-corrected chi connectivity index (χ4v) is 1.80. The molecule has 3 rings (SSSR count). The number of aromatic hydroxyl groups is 1. The van der Waals surface area contributed by atoms with E-state index in [1.807, 2.05) is 0 Å². The van der Waals surface area contributed by atoms with E-state index in [1.54, 1.807) is 12.1 Å². The van der Waals surface area contributed by atoms with Crippen LogP contribution in [-0.4, -0.2) is 15.1 Å². The Labute approximate surface area is 84.2 Å². The normalized spacial score (nSPS) is 11.3. The number of nitrogens with one attached hydrogen (secondary N) is 1. The first-order valence-corrected chi connectivity index (χ1v) is 4.50. The zero-order valence-electron chi connectivity index (χ0n) is 7.66. The molecule has 2 N–H and O–H groups in total. The molecule has 3 aromatic rings. The molecule has 0 aliphatic rings. The minimum atomic E-state index is -0.327. The molecule has 0 fully saturated rings. The van der Waals surface area contributed by atoms with Gasteiger partial charge in [-0.3, -0.25) is 0 Å². The predicted molar refractivity (Wildman–Crippen MR) is 55.2 cm³/mol. The molecule has 3 nitrogen and oxygen atoms in total. The van der Waals surface area contributed by atoms with E-state index in [4.69, 9.17) is 0 Å². The van der Waals surface area contributed by atoms with Crippen LogP contribution in [0.1, 0.15) is 0 Å². The number of hydrogen-bond donors (Lipinski definition) is 2. The molecule has 15 heavy (non-hydrogen) atoms. The van der Waals surface area contributed by atoms with Crippen molar-refractivity contribution in [1.82, 2.24) is 9.97 Å². The highest BCUT2D eigenvalue weighted by atomic mass is 19.1. The van der Waals surface area contributed by atoms with Crippen LogP contribution < -0.4 is 0 Å². The summed E-state index contributed by atoms with van der Waals surface area (Å²) in [6, 6.07) is 6.15. The van der Waals surface area contributed by atoms with Gasteiger partial charge < -0.3 is 10.1 Å². The highest BCUT2D eigenvalue weighted by Crippen LogP contribution is 2.30. The van der Waals surface area contributed by atoms with Crippen molar-refractivity contribution in [2.45, 2.75) is 0 Å². The number of hydrogen-bond acceptors (Lipinski definition) is 2. The maximum absolute atomic E-state index is 13.1. The molecule has 0 spiro atoms. The van der Waals surface area contributed by atoms with Crippen LogP contribution in [0.5, 0.6) is 5.88 Å². The van der Waals surface area contributed by atoms with Gasteiger partial charge in [-0.05, 0) is 24.3 Å². The Morgan fingerprint density at radius 2 is 2.07 bits per heavy atom. The van der Waals surface area contributed by atoms with Crippen molar-refractivity contribution >= 4 is 21.8 Å². The van der Waals surface area contributed by atoms with E-state index < -0.39 is 0 Å². The minimum absolute atomic E-state index is 0.0793. The minimum Gasteiger partial charge on any atom is -0.493 e. The summed E-state index contributed by atoms with van der Waals surface area (Å²) in [4.78, 5) is 6.85. The molecule has 0 aliphatic heterocycles. The van der Waals surface area contributed by atoms with E-state index in [0.717, 1.165) is 11.0 Å². The zero-order valence-corrected chi connectivity index (χ0v) is 7.66. The van der Waals surface area contributed by atoms with Crippen LogP contribution in [0, 0.1) is 5.82 Å². The van der Waals surface area contributed by atoms with E-state index in [9.17, 15) is 9.50 Å². The van der Waals surface area contributed by atoms with E-state index >= 15 is 0 Å². The Morgan fingerprint density at radius 1 is 1.20 bits per heavy atom. The van der Waals surface area contributed by atoms with Gasteiger partial charge >= 0.3 is 0 Å². The molecule has 2 heterocycles. The third-order valence-electron chi connectivity index (χ3n) is 2.45. The molecular weight excluding hydrogens is 195 g/mol. The number of rotatable bonds is 0. The Hall–Kier alpha value is -2.10. The number of aromatic amines is 1. The van der Waals surface area contributed by atoms with Gasteiger partial charge in [0.15, 0.2) is 0 Å². The van der Waals surface area contributed by atoms with Crippen LogP contribution in [-0.2, 0) is 0 Å². The summed E-state index contributed by atoms with van der Waals surface area (Å²) in [7, 11) is 0. The monoisotopic (exact) mass is 202 g/mol. The highest BCUT2D eigenvalue weighted by Gasteiger charge is 2.09. The molecule has 74 valence electrons. The van der Waals surface area contributed by atoms with Crippen molar-refractivity contribution in [3.8, 4) is 5.88 Å². The van der Waals surface area contributed by atoms with Gasteiger partial charge in [-0.2, -0.15) is 0 Å². The van der Waals surface area contributed by atoms with Gasteiger partial charge in [0, 0.05) is 17.1 Å². The van der Waals surface area contributed by atoms with E-state index in [-0.39, 0.29) is 11.7 Å². The molecular formula is C11H7FN2O. The highest BCUT2D eigenvalue weighted by molar-refractivity contribution is 6.09. The summed E-state index contributed by atoms with van der Waals surface area (Å²) in [5.41, 5.74) is 1.54. The topological polar surface area (TPSA) is 48.9 Å². The summed E-state index contributed by atoms with van der Waals surface area (Å²) in [5.74, 6) is -0.406. The van der Waals surface area contributed by atoms with Crippen molar-refractivity contribution in [3.63, 3.8) is 0 Å². The summed E-state index contributed by atoms with van der Waals surface area (Å²) < 4.78 is 13.1. The number of fused-ring (bicyclic) bond motifs is 3. The summed E-state index contributed by atoms with van der Waals surface area (Å²) in [6.45, 7) is 0. The SMILES string of the molecule is Oc1nccc2[nH]c3ccc(F)cc3c12. The second-order valence-corrected chi connectivity index (χ2v) is 3.37. The van der Waals surface area contributed by atoms with Crippen LogP contribution in [0.15, 0.2) is 30.5 Å². The lowest BCUT2D eigenvalue weighted by Gasteiger charge is -1.93. The maximum Gasteiger partial charge on any atom is 0.221 e. The van der Waals surface area contributed by atoms with Crippen molar-refractivity contribution in [3.05, 3.63) is 36.3 Å². The van der Waals surface area contributed by atoms with Gasteiger partial charge in [0.2, 0.25) is 5.88 Å². The third kappa shape index (κ3) is 1.08. The molecule has 0 atom stereocenters. The van der Waals surface area contributed by atoms with Crippen LogP contribution in [0.25, 0.3) is 21.8 Å². The number of nitrogens with zero attached hydrogens (tertiary/aromatic N) is 1. The fraction of sp³-hybridized carbons (Fsp3) is 0. The summed E-state index contributed by atoms with van der Waals surface area (Å²) in [5, 5.41) is 10.8. The molecule has 0 saturated heterocycles. The quantitative estimate of drug-likeness (QED) is 0.588. The largest absolute Gasteiger partial charge is 0.493 e. The van der Waals surface area contributed by atoms with E-state index in [2.05, 4.69) is 9.97 Å². The molecule has 1 aromatic carbocycles. The molecule has 0 unspecified atom stereocenters. The first-order valence-electron chi connectivity index (χ1n) is 4.50. The van der Waals surface area contributed by atoms with E-state index in [1.165, 1.54) is 18.3 Å². The number of benzene rings is 1. The van der Waals surface area contributed by atoms with Gasteiger partial charge in [0.05, 0.1) is 10.9 Å². The number of aromatic nitrogens is 2. The predicted octanol–water partition coefficient (Wildman–Crippen LogP) is 2.56. The lowest BCUT2D eigenvalue weighted by atomic mass is 10.2. The molecule has 4 heteroatoms. The zero-order chi connectivity index (χ0) is 10.4. The third-order valence-corrected chi connectivity index (χ3v) is 2.45. The van der Waals surface area contributed by atoms with Crippen LogP contribution in [0.3, 0.4) is 0 Å². The molecule has 0 bridgehead atoms. The van der Waals surface area contributed by atoms with Crippen molar-refractivity contribution in [2.75, 3.05) is 0 Å². The first-order chi connectivity index (χ1) is 7.25. The van der Waals surface area contributed by atoms with Crippen LogP contribution in [0.2, 0.25) is 0 Å². The molecule has 0 saturated carbocycles. The molecule has 0 radical (unpaired) electrons. The number of halogens is 1. The van der Waals surface area contributed by atoms with Crippen LogP contribution in [0.4, 0.5) is 4.39 Å². The Morgan fingerprint density at radius 3 is 2.93 bits per heavy atom. The van der Waals surface area contributed by atoms with Crippen molar-refractivity contribution in [2.24, 2.45) is 0 Å². The average Bonchev–Trinajstić information content (AvgIpc) is 2.57. The maximum atomic E-state index is 13.1. The smallest absolute Gasteiger partial charge is 0.221 e. The van der Waals surface area contributed by atoms with E-state index in [0.29, 0.717) is 10.8 Å². The summed E-state index contributed by atoms with van der Waals surface area (Å²) >= 11 is 0. The Balaban J connectivity index is 2.61. The second-order valence-electron chi connectivity index (χ2n) is 3.37. The number of H-pyrrole nitrogens is 1. The molecule has 0 amide bonds. The average molecular weight is 202 g/mol. The standard InChI is InChI=1S/C11H7FN2O/c12-6-1-2-8-7(5-6)10-9(14-8)3-4-13-11(10)15/h1-5,14H,(H,13,15). The Bertz CT molecular complexity index is 660. The van der Waals surface area contributed by atoms with Crippen molar-refractivity contribution in [1.29, 1.82) is 0 Å². The molecule has 2 aromatic heterocycles.